The fourth-order valence-electron chi connectivity index (χ4n) is 7.41. The van der Waals surface area contributed by atoms with E-state index in [4.69, 9.17) is 4.74 Å². The highest BCUT2D eigenvalue weighted by molar-refractivity contribution is 5.84. The van der Waals surface area contributed by atoms with E-state index in [9.17, 15) is 0 Å². The second kappa shape index (κ2) is 5.86. The average molecular weight is 369 g/mol. The molecular formula is C27H28O. The van der Waals surface area contributed by atoms with Crippen molar-refractivity contribution in [1.29, 1.82) is 0 Å². The highest BCUT2D eigenvalue weighted by atomic mass is 16.5. The molecule has 4 atom stereocenters. The van der Waals surface area contributed by atoms with Gasteiger partial charge in [0.1, 0.15) is 5.75 Å². The van der Waals surface area contributed by atoms with Crippen molar-refractivity contribution in [2.45, 2.75) is 49.4 Å². The van der Waals surface area contributed by atoms with E-state index in [1.54, 1.807) is 18.2 Å². The Morgan fingerprint density at radius 3 is 2.07 bits per heavy atom. The SMILES string of the molecule is COc1ccc2cc(C34C[C@@H]5C[C@@H](CC(c6ccccc6)(C5)C3)C4)ccc2c1. The molecule has 4 bridgehead atoms. The number of fused-ring (bicyclic) bond motifs is 1. The van der Waals surface area contributed by atoms with Gasteiger partial charge in [-0.25, -0.2) is 0 Å². The van der Waals surface area contributed by atoms with Gasteiger partial charge in [-0.05, 0) is 95.2 Å². The van der Waals surface area contributed by atoms with Crippen molar-refractivity contribution in [1.82, 2.24) is 0 Å². The monoisotopic (exact) mass is 368 g/mol. The Bertz CT molecular complexity index is 1020. The second-order valence-corrected chi connectivity index (χ2v) is 9.82. The lowest BCUT2D eigenvalue weighted by Crippen LogP contribution is -2.55. The lowest BCUT2D eigenvalue weighted by molar-refractivity contribution is -0.0280. The third kappa shape index (κ3) is 2.38. The van der Waals surface area contributed by atoms with Crippen LogP contribution in [-0.4, -0.2) is 7.11 Å². The van der Waals surface area contributed by atoms with Crippen LogP contribution in [0.3, 0.4) is 0 Å². The van der Waals surface area contributed by atoms with Gasteiger partial charge in [0.15, 0.2) is 0 Å². The van der Waals surface area contributed by atoms with Gasteiger partial charge in [0.25, 0.3) is 0 Å². The first kappa shape index (κ1) is 16.7. The van der Waals surface area contributed by atoms with Gasteiger partial charge in [0, 0.05) is 0 Å². The average Bonchev–Trinajstić information content (AvgIpc) is 2.72. The van der Waals surface area contributed by atoms with Crippen LogP contribution in [0.2, 0.25) is 0 Å². The quantitative estimate of drug-likeness (QED) is 0.503. The lowest BCUT2D eigenvalue weighted by Gasteiger charge is -2.63. The van der Waals surface area contributed by atoms with E-state index < -0.39 is 0 Å². The van der Waals surface area contributed by atoms with E-state index >= 15 is 0 Å². The van der Waals surface area contributed by atoms with Gasteiger partial charge in [-0.2, -0.15) is 0 Å². The van der Waals surface area contributed by atoms with Crippen LogP contribution in [0.4, 0.5) is 0 Å². The predicted molar refractivity (Wildman–Crippen MR) is 115 cm³/mol. The first-order valence-corrected chi connectivity index (χ1v) is 10.8. The van der Waals surface area contributed by atoms with Crippen molar-refractivity contribution in [2.24, 2.45) is 11.8 Å². The molecule has 0 aromatic heterocycles. The number of hydrogen-bond acceptors (Lipinski definition) is 1. The van der Waals surface area contributed by atoms with E-state index in [0.29, 0.717) is 10.8 Å². The molecule has 1 nitrogen and oxygen atoms in total. The van der Waals surface area contributed by atoms with Crippen LogP contribution in [0.15, 0.2) is 66.7 Å². The smallest absolute Gasteiger partial charge is 0.119 e. The Hall–Kier alpha value is -2.28. The van der Waals surface area contributed by atoms with Crippen LogP contribution >= 0.6 is 0 Å². The van der Waals surface area contributed by atoms with Crippen LogP contribution in [0, 0.1) is 11.8 Å². The zero-order chi connectivity index (χ0) is 18.8. The summed E-state index contributed by atoms with van der Waals surface area (Å²) in [4.78, 5) is 0. The summed E-state index contributed by atoms with van der Waals surface area (Å²) >= 11 is 0. The van der Waals surface area contributed by atoms with E-state index in [-0.39, 0.29) is 0 Å². The van der Waals surface area contributed by atoms with Gasteiger partial charge >= 0.3 is 0 Å². The first-order chi connectivity index (χ1) is 13.7. The van der Waals surface area contributed by atoms with Crippen molar-refractivity contribution in [2.75, 3.05) is 7.11 Å². The Morgan fingerprint density at radius 1 is 0.714 bits per heavy atom. The van der Waals surface area contributed by atoms with Crippen molar-refractivity contribution in [3.05, 3.63) is 77.9 Å². The van der Waals surface area contributed by atoms with Gasteiger partial charge in [-0.15, -0.1) is 0 Å². The number of hydrogen-bond donors (Lipinski definition) is 0. The van der Waals surface area contributed by atoms with Gasteiger partial charge < -0.3 is 4.74 Å². The van der Waals surface area contributed by atoms with Crippen molar-refractivity contribution < 1.29 is 4.74 Å². The number of ether oxygens (including phenoxy) is 1. The number of methoxy groups -OCH3 is 1. The van der Waals surface area contributed by atoms with Crippen molar-refractivity contribution >= 4 is 10.8 Å². The summed E-state index contributed by atoms with van der Waals surface area (Å²) < 4.78 is 5.42. The summed E-state index contributed by atoms with van der Waals surface area (Å²) in [6.45, 7) is 0. The maximum absolute atomic E-state index is 5.42. The summed E-state index contributed by atoms with van der Waals surface area (Å²) in [5.74, 6) is 2.74. The fourth-order valence-corrected chi connectivity index (χ4v) is 7.41. The molecule has 0 N–H and O–H groups in total. The largest absolute Gasteiger partial charge is 0.497 e. The van der Waals surface area contributed by atoms with Crippen LogP contribution < -0.4 is 4.74 Å². The van der Waals surface area contributed by atoms with Gasteiger partial charge in [0.05, 0.1) is 7.11 Å². The summed E-state index contributed by atoms with van der Waals surface area (Å²) in [5.41, 5.74) is 3.95. The number of rotatable bonds is 3. The third-order valence-corrected chi connectivity index (χ3v) is 8.11. The Labute approximate surface area is 167 Å². The minimum absolute atomic E-state index is 0.369. The molecule has 142 valence electrons. The zero-order valence-electron chi connectivity index (χ0n) is 16.7. The molecule has 7 rings (SSSR count). The van der Waals surface area contributed by atoms with Crippen LogP contribution in [0.25, 0.3) is 10.8 Å². The van der Waals surface area contributed by atoms with E-state index in [0.717, 1.165) is 17.6 Å². The molecule has 0 heterocycles. The molecular weight excluding hydrogens is 340 g/mol. The second-order valence-electron chi connectivity index (χ2n) is 9.82. The molecule has 4 aliphatic carbocycles. The highest BCUT2D eigenvalue weighted by Gasteiger charge is 2.58. The van der Waals surface area contributed by atoms with Crippen molar-refractivity contribution in [3.8, 4) is 5.75 Å². The molecule has 0 spiro atoms. The maximum atomic E-state index is 5.42. The first-order valence-electron chi connectivity index (χ1n) is 10.8. The summed E-state index contributed by atoms with van der Waals surface area (Å²) in [6, 6.07) is 25.1. The normalized spacial score (nSPS) is 33.3. The molecule has 28 heavy (non-hydrogen) atoms. The third-order valence-electron chi connectivity index (χ3n) is 8.11. The summed E-state index contributed by atoms with van der Waals surface area (Å²) in [6.07, 6.45) is 8.37. The molecule has 4 fully saturated rings. The van der Waals surface area contributed by atoms with E-state index in [2.05, 4.69) is 66.7 Å². The van der Waals surface area contributed by atoms with E-state index in [1.165, 1.54) is 49.3 Å². The minimum Gasteiger partial charge on any atom is -0.497 e. The predicted octanol–water partition coefficient (Wildman–Crippen LogP) is 6.64. The molecule has 0 amide bonds. The molecule has 3 aromatic carbocycles. The van der Waals surface area contributed by atoms with Crippen LogP contribution in [0.1, 0.15) is 49.7 Å². The highest BCUT2D eigenvalue weighted by Crippen LogP contribution is 2.66. The Kier molecular flexibility index (Phi) is 3.49. The van der Waals surface area contributed by atoms with Gasteiger partial charge in [-0.3, -0.25) is 0 Å². The summed E-state index contributed by atoms with van der Waals surface area (Å²) in [5, 5.41) is 2.63. The standard InChI is InChI=1S/C27H28O/c1-28-25-10-8-21-12-24(9-7-22(21)13-25)27-16-19-11-20(17-27)15-26(14-19,18-27)23-5-3-2-4-6-23/h2-10,12-13,19-20H,11,14-18H2,1H3/t19-,20+,26?,27?. The Morgan fingerprint density at radius 2 is 1.36 bits per heavy atom. The molecule has 4 aliphatic rings. The fraction of sp³-hybridized carbons (Fsp3) is 0.407. The molecule has 0 radical (unpaired) electrons. The molecule has 0 saturated heterocycles. The summed E-state index contributed by atoms with van der Waals surface area (Å²) in [7, 11) is 1.74. The van der Waals surface area contributed by atoms with Gasteiger partial charge in [-0.1, -0.05) is 54.6 Å². The van der Waals surface area contributed by atoms with Crippen LogP contribution in [-0.2, 0) is 10.8 Å². The molecule has 0 aliphatic heterocycles. The molecule has 2 unspecified atom stereocenters. The van der Waals surface area contributed by atoms with Crippen molar-refractivity contribution in [3.63, 3.8) is 0 Å². The maximum Gasteiger partial charge on any atom is 0.119 e. The zero-order valence-corrected chi connectivity index (χ0v) is 16.7. The topological polar surface area (TPSA) is 9.23 Å². The lowest BCUT2D eigenvalue weighted by atomic mass is 9.41. The molecule has 4 saturated carbocycles. The Balaban J connectivity index is 1.45. The molecule has 1 heteroatoms. The van der Waals surface area contributed by atoms with E-state index in [1.807, 2.05) is 0 Å². The van der Waals surface area contributed by atoms with Crippen LogP contribution in [0.5, 0.6) is 5.75 Å². The molecule has 3 aromatic rings. The minimum atomic E-state index is 0.369. The number of benzene rings is 3. The van der Waals surface area contributed by atoms with Gasteiger partial charge in [0.2, 0.25) is 0 Å².